The molecule has 0 amide bonds. The van der Waals surface area contributed by atoms with E-state index in [2.05, 4.69) is 16.0 Å². The highest BCUT2D eigenvalue weighted by Gasteiger charge is 2.26. The molecule has 0 radical (unpaired) electrons. The van der Waals surface area contributed by atoms with Crippen LogP contribution in [0.25, 0.3) is 22.2 Å². The quantitative estimate of drug-likeness (QED) is 0.214. The highest BCUT2D eigenvalue weighted by Crippen LogP contribution is 2.39. The van der Waals surface area contributed by atoms with Crippen LogP contribution in [-0.4, -0.2) is 35.8 Å². The fourth-order valence-electron chi connectivity index (χ4n) is 5.29. The van der Waals surface area contributed by atoms with Crippen LogP contribution in [0.2, 0.25) is 0 Å². The smallest absolute Gasteiger partial charge is 0.338 e. The fraction of sp³-hybridized carbons (Fsp3) is 0.364. The Labute approximate surface area is 235 Å². The normalized spacial score (nSPS) is 13.8. The second-order valence-electron chi connectivity index (χ2n) is 11.2. The van der Waals surface area contributed by atoms with Crippen LogP contribution >= 0.6 is 0 Å². The van der Waals surface area contributed by atoms with Crippen LogP contribution in [0.3, 0.4) is 0 Å². The minimum Gasteiger partial charge on any atom is -0.497 e. The van der Waals surface area contributed by atoms with Crippen LogP contribution in [0.15, 0.2) is 60.9 Å². The summed E-state index contributed by atoms with van der Waals surface area (Å²) >= 11 is 0. The minimum atomic E-state index is -0.552. The molecule has 0 unspecified atom stereocenters. The lowest BCUT2D eigenvalue weighted by Gasteiger charge is -2.22. The molecule has 0 bridgehead atoms. The Bertz CT molecular complexity index is 1520. The van der Waals surface area contributed by atoms with Crippen molar-refractivity contribution in [3.8, 4) is 28.5 Å². The first-order chi connectivity index (χ1) is 19.3. The molecule has 5 rings (SSSR count). The number of carbonyl (C=O) groups excluding carboxylic acids is 1. The number of hydrogen-bond acceptors (Lipinski definition) is 7. The zero-order chi connectivity index (χ0) is 28.3. The van der Waals surface area contributed by atoms with Gasteiger partial charge in [-0.3, -0.25) is 0 Å². The van der Waals surface area contributed by atoms with Gasteiger partial charge in [0.15, 0.2) is 0 Å². The molecule has 0 aliphatic heterocycles. The Kier molecular flexibility index (Phi) is 7.92. The molecule has 0 spiro atoms. The Balaban J connectivity index is 1.44. The van der Waals surface area contributed by atoms with Crippen molar-refractivity contribution in [2.75, 3.05) is 14.2 Å². The maximum absolute atomic E-state index is 13.1. The number of fused-ring (bicyclic) bond motifs is 1. The minimum absolute atomic E-state index is 0.274. The van der Waals surface area contributed by atoms with Gasteiger partial charge in [-0.15, -0.1) is 0 Å². The number of methoxy groups -OCH3 is 2. The molecule has 3 aromatic carbocycles. The van der Waals surface area contributed by atoms with Crippen LogP contribution < -0.4 is 14.2 Å². The molecule has 208 valence electrons. The third kappa shape index (κ3) is 6.03. The topological polar surface area (TPSA) is 79.8 Å². The zero-order valence-electron chi connectivity index (χ0n) is 23.8. The highest BCUT2D eigenvalue weighted by molar-refractivity contribution is 5.95. The lowest BCUT2D eigenvalue weighted by Crippen LogP contribution is -2.24. The van der Waals surface area contributed by atoms with Gasteiger partial charge in [0.2, 0.25) is 0 Å². The molecule has 1 aliphatic rings. The Hall–Kier alpha value is -4.13. The monoisotopic (exact) mass is 540 g/mol. The molecule has 1 fully saturated rings. The predicted octanol–water partition coefficient (Wildman–Crippen LogP) is 7.51. The highest BCUT2D eigenvalue weighted by atomic mass is 16.6. The van der Waals surface area contributed by atoms with Crippen molar-refractivity contribution >= 4 is 16.9 Å². The molecule has 0 saturated heterocycles. The van der Waals surface area contributed by atoms with Gasteiger partial charge in [-0.2, -0.15) is 0 Å². The van der Waals surface area contributed by atoms with E-state index in [0.29, 0.717) is 29.6 Å². The molecule has 1 saturated carbocycles. The third-order valence-corrected chi connectivity index (χ3v) is 7.24. The molecule has 0 atom stereocenters. The molecule has 0 N–H and O–H groups in total. The molecule has 1 heterocycles. The summed E-state index contributed by atoms with van der Waals surface area (Å²) in [6, 6.07) is 17.5. The number of ether oxygens (including phenoxy) is 4. The van der Waals surface area contributed by atoms with E-state index in [1.807, 2.05) is 69.3 Å². The molecule has 1 aliphatic carbocycles. The average Bonchev–Trinajstić information content (AvgIpc) is 3.49. The molecular formula is C33H36N2O5. The SMILES string of the molecule is COc1ccc(COc2ccc3c(-c4ccc(C(=O)OC(C)(C)C)c(C5CCCC5)c4)ncnc3c2)c(OC)c1. The number of nitrogens with zero attached hydrogens (tertiary/aromatic N) is 2. The summed E-state index contributed by atoms with van der Waals surface area (Å²) in [4.78, 5) is 22.3. The van der Waals surface area contributed by atoms with E-state index in [4.69, 9.17) is 18.9 Å². The number of rotatable bonds is 8. The first kappa shape index (κ1) is 27.4. The predicted molar refractivity (Wildman–Crippen MR) is 155 cm³/mol. The van der Waals surface area contributed by atoms with Crippen LogP contribution in [0.5, 0.6) is 17.2 Å². The molecular weight excluding hydrogens is 504 g/mol. The van der Waals surface area contributed by atoms with Gasteiger partial charge in [0.1, 0.15) is 35.8 Å². The van der Waals surface area contributed by atoms with Crippen LogP contribution in [-0.2, 0) is 11.3 Å². The van der Waals surface area contributed by atoms with Crippen molar-refractivity contribution in [1.82, 2.24) is 9.97 Å². The lowest BCUT2D eigenvalue weighted by molar-refractivity contribution is 0.00678. The third-order valence-electron chi connectivity index (χ3n) is 7.24. The maximum Gasteiger partial charge on any atom is 0.338 e. The van der Waals surface area contributed by atoms with E-state index < -0.39 is 5.60 Å². The summed E-state index contributed by atoms with van der Waals surface area (Å²) in [5.41, 5.74) is 4.61. The van der Waals surface area contributed by atoms with Crippen molar-refractivity contribution in [3.05, 3.63) is 77.6 Å². The number of benzene rings is 3. The Morgan fingerprint density at radius 2 is 1.68 bits per heavy atom. The summed E-state index contributed by atoms with van der Waals surface area (Å²) in [6.45, 7) is 6.03. The van der Waals surface area contributed by atoms with Crippen LogP contribution in [0, 0.1) is 0 Å². The van der Waals surface area contributed by atoms with Crippen molar-refractivity contribution in [3.63, 3.8) is 0 Å². The maximum atomic E-state index is 13.1. The van der Waals surface area contributed by atoms with Gasteiger partial charge >= 0.3 is 5.97 Å². The average molecular weight is 541 g/mol. The van der Waals surface area contributed by atoms with Gasteiger partial charge in [-0.1, -0.05) is 18.9 Å². The second-order valence-corrected chi connectivity index (χ2v) is 11.2. The van der Waals surface area contributed by atoms with E-state index in [1.165, 1.54) is 12.8 Å². The molecule has 4 aromatic rings. The van der Waals surface area contributed by atoms with Gasteiger partial charge in [0, 0.05) is 28.6 Å². The van der Waals surface area contributed by atoms with Gasteiger partial charge in [0.05, 0.1) is 31.0 Å². The Morgan fingerprint density at radius 3 is 2.40 bits per heavy atom. The van der Waals surface area contributed by atoms with E-state index in [9.17, 15) is 4.79 Å². The van der Waals surface area contributed by atoms with Crippen molar-refractivity contribution in [1.29, 1.82) is 0 Å². The van der Waals surface area contributed by atoms with Crippen LogP contribution in [0.4, 0.5) is 0 Å². The van der Waals surface area contributed by atoms with E-state index in [1.54, 1.807) is 20.5 Å². The van der Waals surface area contributed by atoms with Crippen molar-refractivity contribution in [2.45, 2.75) is 64.6 Å². The molecule has 1 aromatic heterocycles. The molecule has 7 heteroatoms. The van der Waals surface area contributed by atoms with Gasteiger partial charge < -0.3 is 18.9 Å². The first-order valence-electron chi connectivity index (χ1n) is 13.7. The lowest BCUT2D eigenvalue weighted by atomic mass is 9.90. The van der Waals surface area contributed by atoms with Crippen molar-refractivity contribution < 1.29 is 23.7 Å². The van der Waals surface area contributed by atoms with E-state index in [-0.39, 0.29) is 5.97 Å². The van der Waals surface area contributed by atoms with E-state index in [0.717, 1.165) is 51.9 Å². The van der Waals surface area contributed by atoms with E-state index >= 15 is 0 Å². The van der Waals surface area contributed by atoms with Crippen molar-refractivity contribution in [2.24, 2.45) is 0 Å². The summed E-state index contributed by atoms with van der Waals surface area (Å²) in [7, 11) is 3.26. The Morgan fingerprint density at radius 1 is 0.900 bits per heavy atom. The molecule has 40 heavy (non-hydrogen) atoms. The largest absolute Gasteiger partial charge is 0.497 e. The standard InChI is InChI=1S/C33H36N2O5/c1-33(2,3)40-32(36)26-14-11-22(16-28(26)21-8-6-7-9-21)31-27-15-13-25(17-29(27)34-20-35-31)39-19-23-10-12-24(37-4)18-30(23)38-5/h10-18,20-21H,6-9,19H2,1-5H3. The number of hydrogen-bond donors (Lipinski definition) is 0. The number of carbonyl (C=O) groups is 1. The summed E-state index contributed by atoms with van der Waals surface area (Å²) in [5, 5.41) is 0.916. The molecule has 7 nitrogen and oxygen atoms in total. The second kappa shape index (κ2) is 11.5. The first-order valence-corrected chi connectivity index (χ1v) is 13.7. The fourth-order valence-corrected chi connectivity index (χ4v) is 5.29. The number of aromatic nitrogens is 2. The van der Waals surface area contributed by atoms with Gasteiger partial charge in [0.25, 0.3) is 0 Å². The summed E-state index contributed by atoms with van der Waals surface area (Å²) < 4.78 is 22.6. The zero-order valence-corrected chi connectivity index (χ0v) is 23.8. The number of esters is 1. The van der Waals surface area contributed by atoms with Gasteiger partial charge in [-0.05, 0) is 81.5 Å². The summed E-state index contributed by atoms with van der Waals surface area (Å²) in [5.74, 6) is 2.19. The summed E-state index contributed by atoms with van der Waals surface area (Å²) in [6.07, 6.45) is 6.06. The van der Waals surface area contributed by atoms with Gasteiger partial charge in [-0.25, -0.2) is 14.8 Å². The van der Waals surface area contributed by atoms with Crippen LogP contribution in [0.1, 0.15) is 73.9 Å².